The van der Waals surface area contributed by atoms with Crippen LogP contribution in [0.1, 0.15) is 33.6 Å². The molecule has 0 unspecified atom stereocenters. The summed E-state index contributed by atoms with van der Waals surface area (Å²) in [6.45, 7) is 5.61. The van der Waals surface area contributed by atoms with Crippen molar-refractivity contribution in [2.75, 3.05) is 13.7 Å². The molecule has 0 bridgehead atoms. The lowest BCUT2D eigenvalue weighted by Gasteiger charge is -2.49. The lowest BCUT2D eigenvalue weighted by atomic mass is 9.82. The highest BCUT2D eigenvalue weighted by Crippen LogP contribution is 2.35. The van der Waals surface area contributed by atoms with E-state index in [1.54, 1.807) is 20.8 Å². The van der Waals surface area contributed by atoms with Gasteiger partial charge in [-0.15, -0.1) is 0 Å². The van der Waals surface area contributed by atoms with E-state index in [1.165, 1.54) is 12.0 Å². The van der Waals surface area contributed by atoms with Crippen molar-refractivity contribution in [2.24, 2.45) is 0 Å². The zero-order chi connectivity index (χ0) is 14.0. The molecule has 18 heavy (non-hydrogen) atoms. The van der Waals surface area contributed by atoms with Crippen molar-refractivity contribution in [3.63, 3.8) is 0 Å². The summed E-state index contributed by atoms with van der Waals surface area (Å²) < 4.78 is 9.87. The Morgan fingerprint density at radius 2 is 2.00 bits per heavy atom. The molecule has 0 aromatic rings. The fraction of sp³-hybridized carbons (Fsp3) is 0.750. The second-order valence-corrected chi connectivity index (χ2v) is 5.28. The van der Waals surface area contributed by atoms with E-state index in [1.807, 2.05) is 0 Å². The van der Waals surface area contributed by atoms with Gasteiger partial charge >= 0.3 is 12.1 Å². The molecule has 6 nitrogen and oxygen atoms in total. The first kappa shape index (κ1) is 14.5. The molecule has 0 saturated carbocycles. The highest BCUT2D eigenvalue weighted by molar-refractivity contribution is 5.90. The zero-order valence-corrected chi connectivity index (χ0v) is 11.2. The van der Waals surface area contributed by atoms with Gasteiger partial charge in [0.1, 0.15) is 11.9 Å². The first-order valence-corrected chi connectivity index (χ1v) is 5.79. The molecule has 1 aliphatic rings. The number of esters is 1. The molecule has 0 N–H and O–H groups in total. The summed E-state index contributed by atoms with van der Waals surface area (Å²) in [4.78, 5) is 35.7. The van der Waals surface area contributed by atoms with Gasteiger partial charge in [0.15, 0.2) is 5.54 Å². The first-order valence-electron chi connectivity index (χ1n) is 5.79. The second-order valence-electron chi connectivity index (χ2n) is 5.28. The van der Waals surface area contributed by atoms with E-state index in [9.17, 15) is 14.4 Å². The zero-order valence-electron chi connectivity index (χ0n) is 11.2. The van der Waals surface area contributed by atoms with E-state index in [4.69, 9.17) is 4.74 Å². The van der Waals surface area contributed by atoms with Gasteiger partial charge in [0.2, 0.25) is 0 Å². The Bertz CT molecular complexity index is 360. The minimum Gasteiger partial charge on any atom is -0.467 e. The average molecular weight is 257 g/mol. The Morgan fingerprint density at radius 1 is 1.39 bits per heavy atom. The number of hydrogen-bond donors (Lipinski definition) is 0. The average Bonchev–Trinajstić information content (AvgIpc) is 2.20. The number of rotatable bonds is 3. The Kier molecular flexibility index (Phi) is 3.98. The predicted molar refractivity (Wildman–Crippen MR) is 63.0 cm³/mol. The normalized spacial score (nSPS) is 23.0. The molecule has 0 spiro atoms. The fourth-order valence-electron chi connectivity index (χ4n) is 1.91. The lowest BCUT2D eigenvalue weighted by molar-refractivity contribution is -0.165. The van der Waals surface area contributed by atoms with Gasteiger partial charge in [0, 0.05) is 13.0 Å². The maximum Gasteiger partial charge on any atom is 0.411 e. The third-order valence-corrected chi connectivity index (χ3v) is 2.87. The van der Waals surface area contributed by atoms with Gasteiger partial charge in [0.25, 0.3) is 0 Å². The summed E-state index contributed by atoms with van der Waals surface area (Å²) in [5.74, 6) is -0.577. The Hall–Kier alpha value is -1.59. The van der Waals surface area contributed by atoms with Crippen LogP contribution in [0.4, 0.5) is 4.79 Å². The fourth-order valence-corrected chi connectivity index (χ4v) is 1.91. The molecule has 1 aliphatic heterocycles. The van der Waals surface area contributed by atoms with Crippen molar-refractivity contribution < 1.29 is 23.9 Å². The van der Waals surface area contributed by atoms with Gasteiger partial charge in [-0.2, -0.15) is 0 Å². The van der Waals surface area contributed by atoms with E-state index in [0.29, 0.717) is 19.3 Å². The number of likely N-dealkylation sites (tertiary alicyclic amines) is 1. The lowest BCUT2D eigenvalue weighted by Crippen LogP contribution is -2.67. The summed E-state index contributed by atoms with van der Waals surface area (Å²) in [6, 6.07) is 0. The van der Waals surface area contributed by atoms with E-state index in [-0.39, 0.29) is 6.42 Å². The van der Waals surface area contributed by atoms with Crippen LogP contribution in [0.15, 0.2) is 0 Å². The summed E-state index contributed by atoms with van der Waals surface area (Å²) in [5.41, 5.74) is -1.82. The molecule has 0 aliphatic carbocycles. The van der Waals surface area contributed by atoms with Crippen LogP contribution in [-0.4, -0.2) is 48.0 Å². The highest BCUT2D eigenvalue weighted by atomic mass is 16.6. The van der Waals surface area contributed by atoms with Crippen molar-refractivity contribution in [3.8, 4) is 0 Å². The minimum absolute atomic E-state index is 0.0705. The maximum absolute atomic E-state index is 11.9. The molecular weight excluding hydrogens is 238 g/mol. The SMILES string of the molecule is COC(=O)[C@@]1(CC=O)CCN1C(=O)OC(C)(C)C. The molecule has 0 aromatic heterocycles. The van der Waals surface area contributed by atoms with Gasteiger partial charge in [-0.05, 0) is 27.2 Å². The third kappa shape index (κ3) is 2.63. The Balaban J connectivity index is 2.85. The molecule has 0 radical (unpaired) electrons. The quantitative estimate of drug-likeness (QED) is 0.559. The number of hydrogen-bond acceptors (Lipinski definition) is 5. The summed E-state index contributed by atoms with van der Waals surface area (Å²) in [5, 5.41) is 0. The number of nitrogens with zero attached hydrogens (tertiary/aromatic N) is 1. The van der Waals surface area contributed by atoms with E-state index in [2.05, 4.69) is 4.74 Å². The van der Waals surface area contributed by atoms with Crippen molar-refractivity contribution in [1.82, 2.24) is 4.90 Å². The summed E-state index contributed by atoms with van der Waals surface area (Å²) >= 11 is 0. The van der Waals surface area contributed by atoms with E-state index in [0.717, 1.165) is 0 Å². The van der Waals surface area contributed by atoms with E-state index >= 15 is 0 Å². The number of methoxy groups -OCH3 is 1. The molecule has 6 heteroatoms. The number of aldehydes is 1. The predicted octanol–water partition coefficient (Wildman–Crippen LogP) is 1.13. The van der Waals surface area contributed by atoms with Crippen molar-refractivity contribution in [2.45, 2.75) is 44.8 Å². The van der Waals surface area contributed by atoms with Gasteiger partial charge in [-0.25, -0.2) is 9.59 Å². The molecule has 1 amide bonds. The van der Waals surface area contributed by atoms with Crippen molar-refractivity contribution in [1.29, 1.82) is 0 Å². The van der Waals surface area contributed by atoms with Gasteiger partial charge in [-0.1, -0.05) is 0 Å². The molecule has 1 heterocycles. The molecule has 0 aromatic carbocycles. The van der Waals surface area contributed by atoms with Gasteiger partial charge < -0.3 is 14.3 Å². The summed E-state index contributed by atoms with van der Waals surface area (Å²) in [7, 11) is 1.24. The van der Waals surface area contributed by atoms with Crippen LogP contribution >= 0.6 is 0 Å². The molecule has 1 atom stereocenters. The Morgan fingerprint density at radius 3 is 2.33 bits per heavy atom. The van der Waals surface area contributed by atoms with Crippen LogP contribution in [-0.2, 0) is 19.1 Å². The summed E-state index contributed by atoms with van der Waals surface area (Å²) in [6.07, 6.45) is 0.366. The minimum atomic E-state index is -1.18. The second kappa shape index (κ2) is 4.96. The Labute approximate surface area is 106 Å². The van der Waals surface area contributed by atoms with Crippen LogP contribution in [0.5, 0.6) is 0 Å². The van der Waals surface area contributed by atoms with Crippen LogP contribution in [0, 0.1) is 0 Å². The smallest absolute Gasteiger partial charge is 0.411 e. The molecule has 1 rings (SSSR count). The number of carbonyl (C=O) groups is 3. The van der Waals surface area contributed by atoms with Crippen molar-refractivity contribution >= 4 is 18.3 Å². The molecule has 102 valence electrons. The van der Waals surface area contributed by atoms with Crippen molar-refractivity contribution in [3.05, 3.63) is 0 Å². The van der Waals surface area contributed by atoms with Gasteiger partial charge in [-0.3, -0.25) is 4.90 Å². The largest absolute Gasteiger partial charge is 0.467 e. The van der Waals surface area contributed by atoms with Crippen LogP contribution in [0.25, 0.3) is 0 Å². The number of amides is 1. The van der Waals surface area contributed by atoms with E-state index < -0.39 is 23.2 Å². The molecule has 1 saturated heterocycles. The third-order valence-electron chi connectivity index (χ3n) is 2.87. The number of ether oxygens (including phenoxy) is 2. The van der Waals surface area contributed by atoms with Crippen LogP contribution in [0.2, 0.25) is 0 Å². The maximum atomic E-state index is 11.9. The van der Waals surface area contributed by atoms with Gasteiger partial charge in [0.05, 0.1) is 7.11 Å². The molecular formula is C12H19NO5. The van der Waals surface area contributed by atoms with Crippen LogP contribution in [0.3, 0.4) is 0 Å². The topological polar surface area (TPSA) is 72.9 Å². The monoisotopic (exact) mass is 257 g/mol. The molecule has 1 fully saturated rings. The van der Waals surface area contributed by atoms with Crippen LogP contribution < -0.4 is 0 Å². The first-order chi connectivity index (χ1) is 8.27. The number of carbonyl (C=O) groups excluding carboxylic acids is 3. The highest BCUT2D eigenvalue weighted by Gasteiger charge is 2.55. The standard InChI is InChI=1S/C12H19NO5/c1-11(2,3)18-10(16)13-7-5-12(13,6-8-14)9(15)17-4/h8H,5-7H2,1-4H3/t12-/m0/s1.